The fourth-order valence-corrected chi connectivity index (χ4v) is 1.96. The molecule has 0 bridgehead atoms. The van der Waals surface area contributed by atoms with Crippen molar-refractivity contribution < 1.29 is 28.9 Å². The maximum atomic E-state index is 11.5. The van der Waals surface area contributed by atoms with Crippen LogP contribution in [-0.2, 0) is 23.8 Å². The van der Waals surface area contributed by atoms with E-state index < -0.39 is 12.1 Å². The fraction of sp³-hybridized carbons (Fsp3) is 0.733. The van der Waals surface area contributed by atoms with Crippen LogP contribution in [0.15, 0.2) is 12.2 Å². The van der Waals surface area contributed by atoms with E-state index in [1.54, 1.807) is 13.0 Å². The van der Waals surface area contributed by atoms with Crippen LogP contribution in [0, 0.1) is 0 Å². The molecule has 0 radical (unpaired) electrons. The third kappa shape index (κ3) is 8.60. The van der Waals surface area contributed by atoms with E-state index in [0.717, 1.165) is 25.9 Å². The molecular formula is C15H24O6. The Hall–Kier alpha value is -1.24. The SMILES string of the molecule is CCOC(=O)CC(=O)CC(O)/C=C/COC1CCCCO1. The molecule has 0 amide bonds. The van der Waals surface area contributed by atoms with Crippen molar-refractivity contribution in [1.29, 1.82) is 0 Å². The largest absolute Gasteiger partial charge is 0.466 e. The fourth-order valence-electron chi connectivity index (χ4n) is 1.96. The highest BCUT2D eigenvalue weighted by Crippen LogP contribution is 2.13. The molecule has 1 N–H and O–H groups in total. The number of ketones is 1. The van der Waals surface area contributed by atoms with Gasteiger partial charge >= 0.3 is 5.97 Å². The van der Waals surface area contributed by atoms with E-state index in [2.05, 4.69) is 4.74 Å². The normalized spacial score (nSPS) is 20.4. The zero-order valence-corrected chi connectivity index (χ0v) is 12.5. The first-order chi connectivity index (χ1) is 10.1. The Bertz CT molecular complexity index is 346. The number of esters is 1. The first kappa shape index (κ1) is 17.8. The number of hydrogen-bond acceptors (Lipinski definition) is 6. The summed E-state index contributed by atoms with van der Waals surface area (Å²) >= 11 is 0. The topological polar surface area (TPSA) is 82.1 Å². The van der Waals surface area contributed by atoms with Crippen molar-refractivity contribution in [3.8, 4) is 0 Å². The van der Waals surface area contributed by atoms with E-state index in [-0.39, 0.29) is 31.5 Å². The molecule has 1 aliphatic heterocycles. The van der Waals surface area contributed by atoms with Gasteiger partial charge in [-0.25, -0.2) is 0 Å². The Morgan fingerprint density at radius 3 is 2.90 bits per heavy atom. The van der Waals surface area contributed by atoms with Gasteiger partial charge in [0.05, 0.1) is 19.3 Å². The minimum atomic E-state index is -0.914. The zero-order valence-electron chi connectivity index (χ0n) is 12.5. The summed E-state index contributed by atoms with van der Waals surface area (Å²) in [6, 6.07) is 0. The molecule has 1 heterocycles. The molecule has 120 valence electrons. The summed E-state index contributed by atoms with van der Waals surface area (Å²) < 4.78 is 15.5. The predicted octanol–water partition coefficient (Wildman–Crippen LogP) is 1.36. The second-order valence-electron chi connectivity index (χ2n) is 4.85. The van der Waals surface area contributed by atoms with E-state index in [4.69, 9.17) is 9.47 Å². The van der Waals surface area contributed by atoms with Gasteiger partial charge in [-0.1, -0.05) is 12.2 Å². The highest BCUT2D eigenvalue weighted by molar-refractivity contribution is 5.95. The van der Waals surface area contributed by atoms with E-state index in [0.29, 0.717) is 6.61 Å². The number of carbonyl (C=O) groups is 2. The molecule has 0 aromatic carbocycles. The highest BCUT2D eigenvalue weighted by Gasteiger charge is 2.14. The van der Waals surface area contributed by atoms with E-state index >= 15 is 0 Å². The second kappa shape index (κ2) is 10.5. The van der Waals surface area contributed by atoms with Gasteiger partial charge in [-0.3, -0.25) is 9.59 Å². The molecule has 1 rings (SSSR count). The van der Waals surface area contributed by atoms with Gasteiger partial charge in [0, 0.05) is 13.0 Å². The summed E-state index contributed by atoms with van der Waals surface area (Å²) in [5, 5.41) is 9.65. The maximum absolute atomic E-state index is 11.5. The predicted molar refractivity (Wildman–Crippen MR) is 75.6 cm³/mol. The smallest absolute Gasteiger partial charge is 0.313 e. The Labute approximate surface area is 125 Å². The van der Waals surface area contributed by atoms with Crippen LogP contribution in [0.1, 0.15) is 39.0 Å². The van der Waals surface area contributed by atoms with Crippen LogP contribution in [-0.4, -0.2) is 49.1 Å². The van der Waals surface area contributed by atoms with Gasteiger partial charge in [0.25, 0.3) is 0 Å². The molecule has 2 atom stereocenters. The standard InChI is InChI=1S/C15H24O6/c1-2-19-14(18)11-13(17)10-12(16)6-5-9-21-15-7-3-4-8-20-15/h5-6,12,15-16H,2-4,7-11H2,1H3/b6-5+. The van der Waals surface area contributed by atoms with Crippen molar-refractivity contribution in [3.63, 3.8) is 0 Å². The van der Waals surface area contributed by atoms with Crippen LogP contribution in [0.3, 0.4) is 0 Å². The van der Waals surface area contributed by atoms with Gasteiger partial charge in [0.1, 0.15) is 12.2 Å². The number of ether oxygens (including phenoxy) is 3. The van der Waals surface area contributed by atoms with Gasteiger partial charge in [0.2, 0.25) is 0 Å². The molecule has 0 aliphatic carbocycles. The first-order valence-corrected chi connectivity index (χ1v) is 7.37. The van der Waals surface area contributed by atoms with E-state index in [1.165, 1.54) is 6.08 Å². The number of hydrogen-bond donors (Lipinski definition) is 1. The summed E-state index contributed by atoms with van der Waals surface area (Å²) in [5.74, 6) is -0.904. The van der Waals surface area contributed by atoms with Gasteiger partial charge in [-0.15, -0.1) is 0 Å². The summed E-state index contributed by atoms with van der Waals surface area (Å²) in [7, 11) is 0. The van der Waals surface area contributed by atoms with Crippen LogP contribution in [0.2, 0.25) is 0 Å². The van der Waals surface area contributed by atoms with Crippen LogP contribution in [0.25, 0.3) is 0 Å². The first-order valence-electron chi connectivity index (χ1n) is 7.37. The molecule has 6 heteroatoms. The molecule has 1 saturated heterocycles. The quantitative estimate of drug-likeness (QED) is 0.393. The highest BCUT2D eigenvalue weighted by atomic mass is 16.7. The van der Waals surface area contributed by atoms with Crippen LogP contribution < -0.4 is 0 Å². The van der Waals surface area contributed by atoms with Crippen LogP contribution in [0.4, 0.5) is 0 Å². The average molecular weight is 300 g/mol. The van der Waals surface area contributed by atoms with Crippen molar-refractivity contribution in [2.75, 3.05) is 19.8 Å². The van der Waals surface area contributed by atoms with Gasteiger partial charge < -0.3 is 19.3 Å². The lowest BCUT2D eigenvalue weighted by Crippen LogP contribution is -2.22. The molecule has 1 fully saturated rings. The molecule has 0 aromatic heterocycles. The molecule has 0 spiro atoms. The molecule has 0 saturated carbocycles. The number of carbonyl (C=O) groups excluding carboxylic acids is 2. The number of Topliss-reactive ketones (excluding diaryl/α,β-unsaturated/α-hetero) is 1. The minimum absolute atomic E-state index is 0.102. The van der Waals surface area contributed by atoms with E-state index in [9.17, 15) is 14.7 Å². The van der Waals surface area contributed by atoms with Crippen molar-refractivity contribution in [1.82, 2.24) is 0 Å². The zero-order chi connectivity index (χ0) is 15.5. The average Bonchev–Trinajstić information content (AvgIpc) is 2.44. The number of rotatable bonds is 9. The minimum Gasteiger partial charge on any atom is -0.466 e. The summed E-state index contributed by atoms with van der Waals surface area (Å²) in [6.45, 7) is 2.97. The molecular weight excluding hydrogens is 276 g/mol. The monoisotopic (exact) mass is 300 g/mol. The summed E-state index contributed by atoms with van der Waals surface area (Å²) in [6.07, 6.45) is 4.70. The van der Waals surface area contributed by atoms with Crippen molar-refractivity contribution in [3.05, 3.63) is 12.2 Å². The van der Waals surface area contributed by atoms with Crippen molar-refractivity contribution in [2.45, 2.75) is 51.4 Å². The third-order valence-electron chi connectivity index (χ3n) is 2.96. The lowest BCUT2D eigenvalue weighted by atomic mass is 10.1. The molecule has 0 aromatic rings. The van der Waals surface area contributed by atoms with E-state index in [1.807, 2.05) is 0 Å². The van der Waals surface area contributed by atoms with Crippen LogP contribution >= 0.6 is 0 Å². The lowest BCUT2D eigenvalue weighted by Gasteiger charge is -2.21. The van der Waals surface area contributed by atoms with Crippen LogP contribution in [0.5, 0.6) is 0 Å². The molecule has 6 nitrogen and oxygen atoms in total. The third-order valence-corrected chi connectivity index (χ3v) is 2.96. The lowest BCUT2D eigenvalue weighted by molar-refractivity contribution is -0.155. The van der Waals surface area contributed by atoms with Crippen molar-refractivity contribution in [2.24, 2.45) is 0 Å². The molecule has 2 unspecified atom stereocenters. The Balaban J connectivity index is 2.13. The van der Waals surface area contributed by atoms with Crippen molar-refractivity contribution >= 4 is 11.8 Å². The second-order valence-corrected chi connectivity index (χ2v) is 4.85. The summed E-state index contributed by atoms with van der Waals surface area (Å²) in [5.41, 5.74) is 0. The summed E-state index contributed by atoms with van der Waals surface area (Å²) in [4.78, 5) is 22.6. The molecule has 1 aliphatic rings. The van der Waals surface area contributed by atoms with Gasteiger partial charge in [-0.2, -0.15) is 0 Å². The van der Waals surface area contributed by atoms with Gasteiger partial charge in [0.15, 0.2) is 6.29 Å². The Kier molecular flexibility index (Phi) is 8.89. The molecule has 21 heavy (non-hydrogen) atoms. The number of aliphatic hydroxyl groups excluding tert-OH is 1. The number of aliphatic hydroxyl groups is 1. The van der Waals surface area contributed by atoms with Gasteiger partial charge in [-0.05, 0) is 26.2 Å². The Morgan fingerprint density at radius 2 is 2.24 bits per heavy atom. The Morgan fingerprint density at radius 1 is 1.43 bits per heavy atom. The maximum Gasteiger partial charge on any atom is 0.313 e.